The maximum atomic E-state index is 10.6. The smallest absolute Gasteiger partial charge is 0.329 e. The molecule has 0 atom stereocenters. The average molecular weight is 283 g/mol. The van der Waals surface area contributed by atoms with E-state index in [1.54, 1.807) is 0 Å². The first kappa shape index (κ1) is 13.0. The molecule has 0 unspecified atom stereocenters. The number of nitro groups is 1. The van der Waals surface area contributed by atoms with Crippen LogP contribution in [-0.4, -0.2) is 27.0 Å². The van der Waals surface area contributed by atoms with Gasteiger partial charge >= 0.3 is 12.0 Å². The molecule has 1 aromatic heterocycles. The maximum absolute atomic E-state index is 10.6. The van der Waals surface area contributed by atoms with E-state index in [0.29, 0.717) is 0 Å². The van der Waals surface area contributed by atoms with Crippen LogP contribution in [0.2, 0.25) is 5.28 Å². The molecule has 0 bridgehead atoms. The first-order valence-electron chi connectivity index (χ1n) is 4.96. The fraction of sp³-hybridized carbons (Fsp3) is 0.100. The lowest BCUT2D eigenvalue weighted by molar-refractivity contribution is -0.384. The Morgan fingerprint density at radius 2 is 2.00 bits per heavy atom. The summed E-state index contributed by atoms with van der Waals surface area (Å²) in [5.41, 5.74) is -0.107. The van der Waals surface area contributed by atoms with Gasteiger partial charge in [0, 0.05) is 6.07 Å². The van der Waals surface area contributed by atoms with Crippen LogP contribution < -0.4 is 9.47 Å². The number of halogens is 1. The number of methoxy groups -OCH3 is 1. The molecule has 2 rings (SSSR count). The summed E-state index contributed by atoms with van der Waals surface area (Å²) >= 11 is 5.65. The summed E-state index contributed by atoms with van der Waals surface area (Å²) in [5.74, 6) is 0.207. The van der Waals surface area contributed by atoms with Crippen LogP contribution in [0.15, 0.2) is 24.3 Å². The van der Waals surface area contributed by atoms with Crippen LogP contribution in [0, 0.1) is 10.1 Å². The fourth-order valence-corrected chi connectivity index (χ4v) is 1.36. The molecule has 0 N–H and O–H groups in total. The Morgan fingerprint density at radius 3 is 2.68 bits per heavy atom. The second-order valence-electron chi connectivity index (χ2n) is 3.23. The van der Waals surface area contributed by atoms with Crippen molar-refractivity contribution in [3.63, 3.8) is 0 Å². The number of nitrogens with zero attached hydrogens (tertiary/aromatic N) is 4. The molecule has 0 aliphatic heterocycles. The monoisotopic (exact) mass is 282 g/mol. The molecule has 0 aliphatic rings. The van der Waals surface area contributed by atoms with E-state index in [2.05, 4.69) is 15.0 Å². The molecule has 19 heavy (non-hydrogen) atoms. The molecule has 1 heterocycles. The summed E-state index contributed by atoms with van der Waals surface area (Å²) in [4.78, 5) is 21.3. The Bertz CT molecular complexity index is 622. The molecule has 0 amide bonds. The Kier molecular flexibility index (Phi) is 3.71. The predicted molar refractivity (Wildman–Crippen MR) is 64.6 cm³/mol. The molecule has 1 aromatic carbocycles. The van der Waals surface area contributed by atoms with Gasteiger partial charge in [0.2, 0.25) is 5.28 Å². The van der Waals surface area contributed by atoms with Gasteiger partial charge in [0.05, 0.1) is 18.1 Å². The Balaban J connectivity index is 2.28. The van der Waals surface area contributed by atoms with Crippen molar-refractivity contribution >= 4 is 17.3 Å². The van der Waals surface area contributed by atoms with Crippen molar-refractivity contribution < 1.29 is 14.4 Å². The van der Waals surface area contributed by atoms with Gasteiger partial charge in [0.1, 0.15) is 5.75 Å². The van der Waals surface area contributed by atoms with Crippen molar-refractivity contribution in [2.45, 2.75) is 0 Å². The minimum atomic E-state index is -0.534. The van der Waals surface area contributed by atoms with E-state index in [1.807, 2.05) is 0 Å². The van der Waals surface area contributed by atoms with Crippen LogP contribution >= 0.6 is 11.6 Å². The minimum Gasteiger partial charge on any atom is -0.467 e. The molecule has 0 fully saturated rings. The van der Waals surface area contributed by atoms with Crippen LogP contribution in [0.5, 0.6) is 17.8 Å². The highest BCUT2D eigenvalue weighted by atomic mass is 35.5. The second kappa shape index (κ2) is 5.44. The third-order valence-electron chi connectivity index (χ3n) is 1.99. The van der Waals surface area contributed by atoms with Gasteiger partial charge in [0.15, 0.2) is 0 Å². The summed E-state index contributed by atoms with van der Waals surface area (Å²) in [5, 5.41) is 10.5. The number of hydrogen-bond acceptors (Lipinski definition) is 7. The lowest BCUT2D eigenvalue weighted by Gasteiger charge is -2.04. The first-order valence-corrected chi connectivity index (χ1v) is 5.34. The van der Waals surface area contributed by atoms with Crippen molar-refractivity contribution in [1.82, 2.24) is 15.0 Å². The van der Waals surface area contributed by atoms with Crippen LogP contribution in [0.1, 0.15) is 0 Å². The number of ether oxygens (including phenoxy) is 2. The molecule has 8 nitrogen and oxygen atoms in total. The Hall–Kier alpha value is -2.48. The van der Waals surface area contributed by atoms with Gasteiger partial charge in [0.25, 0.3) is 5.69 Å². The van der Waals surface area contributed by atoms with Crippen molar-refractivity contribution in [3.8, 4) is 17.8 Å². The van der Waals surface area contributed by atoms with E-state index < -0.39 is 4.92 Å². The van der Waals surface area contributed by atoms with Crippen molar-refractivity contribution in [3.05, 3.63) is 39.7 Å². The standard InChI is InChI=1S/C10H7ClN4O4/c1-18-9-12-8(11)13-10(14-9)19-7-4-2-3-6(5-7)15(16)17/h2-5H,1H3. The third kappa shape index (κ3) is 3.26. The van der Waals surface area contributed by atoms with Crippen molar-refractivity contribution in [2.75, 3.05) is 7.11 Å². The van der Waals surface area contributed by atoms with Gasteiger partial charge < -0.3 is 9.47 Å². The zero-order valence-corrected chi connectivity index (χ0v) is 10.4. The summed E-state index contributed by atoms with van der Waals surface area (Å²) in [7, 11) is 1.36. The molecule has 2 aromatic rings. The number of non-ortho nitro benzene ring substituents is 1. The molecule has 9 heteroatoms. The third-order valence-corrected chi connectivity index (χ3v) is 2.16. The van der Waals surface area contributed by atoms with E-state index in [9.17, 15) is 10.1 Å². The highest BCUT2D eigenvalue weighted by Crippen LogP contribution is 2.24. The van der Waals surface area contributed by atoms with Crippen LogP contribution in [0.3, 0.4) is 0 Å². The summed E-state index contributed by atoms with van der Waals surface area (Å²) in [6.45, 7) is 0. The van der Waals surface area contributed by atoms with Gasteiger partial charge in [-0.15, -0.1) is 4.98 Å². The lowest BCUT2D eigenvalue weighted by Crippen LogP contribution is -1.98. The van der Waals surface area contributed by atoms with Gasteiger partial charge in [-0.2, -0.15) is 9.97 Å². The minimum absolute atomic E-state index is 0.0135. The fourth-order valence-electron chi connectivity index (χ4n) is 1.22. The maximum Gasteiger partial charge on any atom is 0.329 e. The van der Waals surface area contributed by atoms with Gasteiger partial charge in [-0.05, 0) is 17.7 Å². The van der Waals surface area contributed by atoms with Gasteiger partial charge in [-0.25, -0.2) is 0 Å². The highest BCUT2D eigenvalue weighted by molar-refractivity contribution is 6.28. The summed E-state index contributed by atoms with van der Waals surface area (Å²) in [6.07, 6.45) is 0. The number of benzene rings is 1. The molecule has 0 saturated carbocycles. The Labute approximate surface area is 112 Å². The predicted octanol–water partition coefficient (Wildman–Crippen LogP) is 2.23. The summed E-state index contributed by atoms with van der Waals surface area (Å²) in [6, 6.07) is 5.46. The number of hydrogen-bond donors (Lipinski definition) is 0. The lowest BCUT2D eigenvalue weighted by atomic mass is 10.3. The number of nitro benzene ring substituents is 1. The normalized spacial score (nSPS) is 10.0. The van der Waals surface area contributed by atoms with E-state index >= 15 is 0 Å². The van der Waals surface area contributed by atoms with Gasteiger partial charge in [-0.3, -0.25) is 10.1 Å². The van der Waals surface area contributed by atoms with Crippen LogP contribution in [-0.2, 0) is 0 Å². The molecule has 98 valence electrons. The highest BCUT2D eigenvalue weighted by Gasteiger charge is 2.10. The van der Waals surface area contributed by atoms with Crippen molar-refractivity contribution in [2.24, 2.45) is 0 Å². The van der Waals surface area contributed by atoms with E-state index in [1.165, 1.54) is 31.4 Å². The Morgan fingerprint density at radius 1 is 1.26 bits per heavy atom. The zero-order valence-electron chi connectivity index (χ0n) is 9.61. The molecule has 0 saturated heterocycles. The molecule has 0 aliphatic carbocycles. The molecule has 0 spiro atoms. The molecular weight excluding hydrogens is 276 g/mol. The zero-order chi connectivity index (χ0) is 13.8. The largest absolute Gasteiger partial charge is 0.467 e. The number of rotatable bonds is 4. The quantitative estimate of drug-likeness (QED) is 0.626. The van der Waals surface area contributed by atoms with E-state index in [-0.39, 0.29) is 28.7 Å². The number of aromatic nitrogens is 3. The van der Waals surface area contributed by atoms with E-state index in [0.717, 1.165) is 0 Å². The summed E-state index contributed by atoms with van der Waals surface area (Å²) < 4.78 is 10.1. The van der Waals surface area contributed by atoms with Gasteiger partial charge in [-0.1, -0.05) is 6.07 Å². The van der Waals surface area contributed by atoms with Crippen LogP contribution in [0.25, 0.3) is 0 Å². The molecular formula is C10H7ClN4O4. The SMILES string of the molecule is COc1nc(Cl)nc(Oc2cccc([N+](=O)[O-])c2)n1. The second-order valence-corrected chi connectivity index (χ2v) is 3.57. The topological polar surface area (TPSA) is 100 Å². The van der Waals surface area contributed by atoms with Crippen LogP contribution in [0.4, 0.5) is 5.69 Å². The average Bonchev–Trinajstić information content (AvgIpc) is 2.38. The van der Waals surface area contributed by atoms with Crippen molar-refractivity contribution in [1.29, 1.82) is 0 Å². The first-order chi connectivity index (χ1) is 9.08. The molecule has 0 radical (unpaired) electrons. The van der Waals surface area contributed by atoms with E-state index in [4.69, 9.17) is 21.1 Å².